The molecule has 4 heteroatoms. The van der Waals surface area contributed by atoms with E-state index in [2.05, 4.69) is 46.4 Å². The summed E-state index contributed by atoms with van der Waals surface area (Å²) in [5.74, 6) is -0.0185. The Balaban J connectivity index is 1.85. The van der Waals surface area contributed by atoms with Crippen molar-refractivity contribution in [1.82, 2.24) is 15.2 Å². The maximum atomic E-state index is 12.1. The number of carbonyl (C=O) groups excluding carboxylic acids is 1. The molecular formula is C20H23N3O. The average molecular weight is 321 g/mol. The van der Waals surface area contributed by atoms with E-state index in [4.69, 9.17) is 0 Å². The van der Waals surface area contributed by atoms with E-state index in [0.29, 0.717) is 6.54 Å². The highest BCUT2D eigenvalue weighted by Crippen LogP contribution is 2.21. The van der Waals surface area contributed by atoms with Gasteiger partial charge in [0, 0.05) is 42.0 Å². The Morgan fingerprint density at radius 1 is 1.33 bits per heavy atom. The van der Waals surface area contributed by atoms with Crippen LogP contribution in [-0.2, 0) is 4.79 Å². The van der Waals surface area contributed by atoms with Crippen LogP contribution in [0, 0.1) is 0 Å². The minimum atomic E-state index is -0.0185. The first kappa shape index (κ1) is 16.1. The Hall–Kier alpha value is -2.75. The lowest BCUT2D eigenvalue weighted by atomic mass is 10.0. The lowest BCUT2D eigenvalue weighted by molar-refractivity contribution is -0.117. The van der Waals surface area contributed by atoms with E-state index in [0.717, 1.165) is 23.2 Å². The number of amides is 1. The number of hydrogen-bond donors (Lipinski definition) is 2. The van der Waals surface area contributed by atoms with Gasteiger partial charge in [0.05, 0.1) is 6.04 Å². The van der Waals surface area contributed by atoms with Crippen LogP contribution in [0.3, 0.4) is 0 Å². The number of H-pyrrole nitrogens is 1. The zero-order chi connectivity index (χ0) is 16.9. The topological polar surface area (TPSA) is 48.1 Å². The van der Waals surface area contributed by atoms with E-state index >= 15 is 0 Å². The fourth-order valence-electron chi connectivity index (χ4n) is 2.94. The highest BCUT2D eigenvalue weighted by molar-refractivity contribution is 5.96. The molecule has 2 heterocycles. The molecule has 0 aliphatic carbocycles. The molecule has 1 aromatic carbocycles. The predicted molar refractivity (Wildman–Crippen MR) is 99.4 cm³/mol. The third-order valence-corrected chi connectivity index (χ3v) is 4.24. The van der Waals surface area contributed by atoms with Crippen LogP contribution in [0.1, 0.15) is 19.4 Å². The van der Waals surface area contributed by atoms with Gasteiger partial charge in [0.2, 0.25) is 0 Å². The Morgan fingerprint density at radius 3 is 2.96 bits per heavy atom. The summed E-state index contributed by atoms with van der Waals surface area (Å²) in [4.78, 5) is 17.6. The van der Waals surface area contributed by atoms with Gasteiger partial charge in [-0.05, 0) is 37.6 Å². The number of benzene rings is 1. The molecule has 2 aromatic rings. The summed E-state index contributed by atoms with van der Waals surface area (Å²) < 4.78 is 0. The van der Waals surface area contributed by atoms with Crippen LogP contribution in [0.5, 0.6) is 0 Å². The van der Waals surface area contributed by atoms with Crippen molar-refractivity contribution in [3.8, 4) is 0 Å². The van der Waals surface area contributed by atoms with Gasteiger partial charge in [-0.15, -0.1) is 0 Å². The van der Waals surface area contributed by atoms with Gasteiger partial charge in [-0.2, -0.15) is 0 Å². The van der Waals surface area contributed by atoms with Crippen LogP contribution >= 0.6 is 0 Å². The molecule has 2 N–H and O–H groups in total. The number of fused-ring (bicyclic) bond motifs is 1. The second kappa shape index (κ2) is 7.21. The molecular weight excluding hydrogens is 298 g/mol. The van der Waals surface area contributed by atoms with Crippen LogP contribution in [0.15, 0.2) is 60.5 Å². The van der Waals surface area contributed by atoms with Gasteiger partial charge in [0.15, 0.2) is 0 Å². The molecule has 0 fully saturated rings. The van der Waals surface area contributed by atoms with E-state index in [-0.39, 0.29) is 11.9 Å². The first-order valence-corrected chi connectivity index (χ1v) is 8.41. The van der Waals surface area contributed by atoms with Crippen LogP contribution in [0.25, 0.3) is 17.0 Å². The fourth-order valence-corrected chi connectivity index (χ4v) is 2.94. The number of hydrogen-bond acceptors (Lipinski definition) is 2. The summed E-state index contributed by atoms with van der Waals surface area (Å²) in [6, 6.07) is 8.33. The lowest BCUT2D eigenvalue weighted by Crippen LogP contribution is -2.33. The van der Waals surface area contributed by atoms with Gasteiger partial charge in [-0.1, -0.05) is 30.4 Å². The summed E-state index contributed by atoms with van der Waals surface area (Å²) in [5.41, 5.74) is 3.01. The van der Waals surface area contributed by atoms with Crippen molar-refractivity contribution < 1.29 is 4.79 Å². The summed E-state index contributed by atoms with van der Waals surface area (Å²) in [5, 5.41) is 4.06. The smallest absolute Gasteiger partial charge is 0.251 e. The number of nitrogens with one attached hydrogen (secondary N) is 2. The second-order valence-corrected chi connectivity index (χ2v) is 5.77. The molecule has 3 rings (SSSR count). The van der Waals surface area contributed by atoms with Crippen molar-refractivity contribution in [2.45, 2.75) is 19.9 Å². The number of rotatable bonds is 5. The van der Waals surface area contributed by atoms with Crippen LogP contribution in [0.4, 0.5) is 0 Å². The quantitative estimate of drug-likeness (QED) is 0.886. The number of aromatic nitrogens is 1. The van der Waals surface area contributed by atoms with Crippen LogP contribution < -0.4 is 5.32 Å². The van der Waals surface area contributed by atoms with Crippen molar-refractivity contribution in [2.24, 2.45) is 0 Å². The van der Waals surface area contributed by atoms with Crippen molar-refractivity contribution in [3.63, 3.8) is 0 Å². The molecule has 0 spiro atoms. The highest BCUT2D eigenvalue weighted by Gasteiger charge is 2.17. The van der Waals surface area contributed by atoms with E-state index in [1.807, 2.05) is 43.6 Å². The lowest BCUT2D eigenvalue weighted by Gasteiger charge is -2.28. The molecule has 0 saturated heterocycles. The molecule has 1 atom stereocenters. The van der Waals surface area contributed by atoms with Gasteiger partial charge < -0.3 is 15.2 Å². The first-order valence-electron chi connectivity index (χ1n) is 8.41. The van der Waals surface area contributed by atoms with Gasteiger partial charge in [-0.25, -0.2) is 0 Å². The molecule has 4 nitrogen and oxygen atoms in total. The SMILES string of the molecule is CCNC(=O)C1=CC(/C=C/c2c[nH]c3ccccc23)N(CC)C=C1. The van der Waals surface area contributed by atoms with Gasteiger partial charge >= 0.3 is 0 Å². The van der Waals surface area contributed by atoms with E-state index in [1.165, 1.54) is 5.39 Å². The van der Waals surface area contributed by atoms with Crippen molar-refractivity contribution in [2.75, 3.05) is 13.1 Å². The molecule has 0 radical (unpaired) electrons. The van der Waals surface area contributed by atoms with Gasteiger partial charge in [0.25, 0.3) is 5.91 Å². The summed E-state index contributed by atoms with van der Waals surface area (Å²) in [7, 11) is 0. The van der Waals surface area contributed by atoms with Crippen molar-refractivity contribution in [1.29, 1.82) is 0 Å². The standard InChI is InChI=1S/C20H23N3O/c1-3-21-20(24)15-11-12-23(4-2)17(13-15)10-9-16-14-22-19-8-6-5-7-18(16)19/h5-14,17,22H,3-4H2,1-2H3,(H,21,24)/b10-9+. The molecule has 124 valence electrons. The Kier molecular flexibility index (Phi) is 4.85. The summed E-state index contributed by atoms with van der Waals surface area (Å²) in [6.07, 6.45) is 12.2. The molecule has 0 saturated carbocycles. The third-order valence-electron chi connectivity index (χ3n) is 4.24. The number of para-hydroxylation sites is 1. The van der Waals surface area contributed by atoms with E-state index in [1.54, 1.807) is 0 Å². The predicted octanol–water partition coefficient (Wildman–Crippen LogP) is 3.46. The molecule has 1 amide bonds. The zero-order valence-corrected chi connectivity index (χ0v) is 14.1. The maximum Gasteiger partial charge on any atom is 0.251 e. The highest BCUT2D eigenvalue weighted by atomic mass is 16.1. The second-order valence-electron chi connectivity index (χ2n) is 5.77. The van der Waals surface area contributed by atoms with Gasteiger partial charge in [0.1, 0.15) is 0 Å². The fraction of sp³-hybridized carbons (Fsp3) is 0.250. The minimum absolute atomic E-state index is 0.0185. The normalized spacial score (nSPS) is 17.5. The molecule has 1 unspecified atom stereocenters. The first-order chi connectivity index (χ1) is 11.7. The Bertz CT molecular complexity index is 813. The Morgan fingerprint density at radius 2 is 2.17 bits per heavy atom. The molecule has 1 aromatic heterocycles. The van der Waals surface area contributed by atoms with Crippen LogP contribution in [-0.4, -0.2) is 34.9 Å². The summed E-state index contributed by atoms with van der Waals surface area (Å²) >= 11 is 0. The van der Waals surface area contributed by atoms with Crippen molar-refractivity contribution in [3.05, 3.63) is 66.0 Å². The molecule has 24 heavy (non-hydrogen) atoms. The summed E-state index contributed by atoms with van der Waals surface area (Å²) in [6.45, 7) is 5.56. The number of likely N-dealkylation sites (N-methyl/N-ethyl adjacent to an activating group) is 2. The van der Waals surface area contributed by atoms with Crippen LogP contribution in [0.2, 0.25) is 0 Å². The van der Waals surface area contributed by atoms with Crippen molar-refractivity contribution >= 4 is 22.9 Å². The number of nitrogens with zero attached hydrogens (tertiary/aromatic N) is 1. The molecule has 1 aliphatic heterocycles. The van der Waals surface area contributed by atoms with E-state index in [9.17, 15) is 4.79 Å². The largest absolute Gasteiger partial charge is 0.368 e. The molecule has 1 aliphatic rings. The van der Waals surface area contributed by atoms with E-state index < -0.39 is 0 Å². The Labute approximate surface area is 142 Å². The maximum absolute atomic E-state index is 12.1. The molecule has 0 bridgehead atoms. The monoisotopic (exact) mass is 321 g/mol. The number of aromatic amines is 1. The number of carbonyl (C=O) groups is 1. The average Bonchev–Trinajstić information content (AvgIpc) is 3.03. The van der Waals surface area contributed by atoms with Gasteiger partial charge in [-0.3, -0.25) is 4.79 Å². The minimum Gasteiger partial charge on any atom is -0.368 e. The third kappa shape index (κ3) is 3.27. The zero-order valence-electron chi connectivity index (χ0n) is 14.1.